The van der Waals surface area contributed by atoms with E-state index in [1.54, 1.807) is 0 Å². The van der Waals surface area contributed by atoms with E-state index >= 15 is 0 Å². The van der Waals surface area contributed by atoms with Gasteiger partial charge in [-0.2, -0.15) is 0 Å². The molecule has 0 aromatic heterocycles. The van der Waals surface area contributed by atoms with Crippen LogP contribution < -0.4 is 0 Å². The summed E-state index contributed by atoms with van der Waals surface area (Å²) in [7, 11) is -9.90. The van der Waals surface area contributed by atoms with Crippen molar-refractivity contribution in [3.8, 4) is 0 Å². The van der Waals surface area contributed by atoms with Gasteiger partial charge in [-0.15, -0.1) is 0 Å². The molecule has 17 nitrogen and oxygen atoms in total. The number of hydrogen-bond donors (Lipinski definition) is 3. The Kier molecular flexibility index (Phi) is 67.7. The molecule has 19 heteroatoms. The molecule has 0 radical (unpaired) electrons. The molecule has 3 N–H and O–H groups in total. The summed E-state index contributed by atoms with van der Waals surface area (Å²) in [6.45, 7) is 7.22. The van der Waals surface area contributed by atoms with Gasteiger partial charge in [0.1, 0.15) is 19.3 Å². The molecule has 0 aromatic carbocycles. The Morgan fingerprint density at radius 3 is 0.716 bits per heavy atom. The van der Waals surface area contributed by atoms with Gasteiger partial charge in [-0.25, -0.2) is 9.13 Å². The second-order valence-electron chi connectivity index (χ2n) is 27.9. The van der Waals surface area contributed by atoms with E-state index in [2.05, 4.69) is 34.6 Å². The van der Waals surface area contributed by atoms with Crippen molar-refractivity contribution >= 4 is 39.5 Å². The summed E-state index contributed by atoms with van der Waals surface area (Å²) in [5, 5.41) is 10.6. The highest BCUT2D eigenvalue weighted by Crippen LogP contribution is 2.45. The van der Waals surface area contributed by atoms with E-state index in [9.17, 15) is 43.2 Å². The Bertz CT molecular complexity index is 1820. The first kappa shape index (κ1) is 93.1. The van der Waals surface area contributed by atoms with Gasteiger partial charge in [-0.3, -0.25) is 37.3 Å². The minimum atomic E-state index is -4.96. The molecule has 564 valence electrons. The van der Waals surface area contributed by atoms with Crippen LogP contribution in [0.4, 0.5) is 0 Å². The number of phosphoric acid groups is 2. The Labute approximate surface area is 581 Å². The molecule has 0 aliphatic carbocycles. The van der Waals surface area contributed by atoms with Crippen molar-refractivity contribution in [3.63, 3.8) is 0 Å². The lowest BCUT2D eigenvalue weighted by atomic mass is 10.0. The van der Waals surface area contributed by atoms with Crippen molar-refractivity contribution in [3.05, 3.63) is 0 Å². The summed E-state index contributed by atoms with van der Waals surface area (Å²) >= 11 is 0. The number of carbonyl (C=O) groups excluding carboxylic acids is 4. The minimum Gasteiger partial charge on any atom is -0.462 e. The van der Waals surface area contributed by atoms with Crippen molar-refractivity contribution in [2.45, 2.75) is 419 Å². The zero-order valence-corrected chi connectivity index (χ0v) is 63.6. The molecule has 2 unspecified atom stereocenters. The van der Waals surface area contributed by atoms with Crippen molar-refractivity contribution in [1.82, 2.24) is 0 Å². The SMILES string of the molecule is CCCCCCCCCCCCCCCCCCCCCCCCC(=O)O[C@H](COC(=O)CCCCCCCCCCCCCCCC)COP(=O)(O)OC[C@@H](O)COP(=O)(O)OC[C@@H](COC(=O)CCCCCCCCCC)OC(=O)CCCCCCCCCCC(C)C. The molecular weight excluding hydrogens is 1250 g/mol. The van der Waals surface area contributed by atoms with Gasteiger partial charge in [-0.05, 0) is 31.6 Å². The first-order valence-corrected chi connectivity index (χ1v) is 42.6. The van der Waals surface area contributed by atoms with E-state index in [0.29, 0.717) is 25.7 Å². The molecule has 0 aliphatic heterocycles. The summed E-state index contributed by atoms with van der Waals surface area (Å²) in [6.07, 6.45) is 58.5. The molecule has 95 heavy (non-hydrogen) atoms. The van der Waals surface area contributed by atoms with Gasteiger partial charge < -0.3 is 33.8 Å². The number of esters is 4. The summed E-state index contributed by atoms with van der Waals surface area (Å²) in [6, 6.07) is 0. The number of hydrogen-bond acceptors (Lipinski definition) is 15. The van der Waals surface area contributed by atoms with E-state index in [0.717, 1.165) is 102 Å². The molecule has 0 saturated carbocycles. The minimum absolute atomic E-state index is 0.105. The Morgan fingerprint density at radius 1 is 0.284 bits per heavy atom. The predicted octanol–water partition coefficient (Wildman–Crippen LogP) is 22.5. The largest absolute Gasteiger partial charge is 0.472 e. The third kappa shape index (κ3) is 70.3. The third-order valence-corrected chi connectivity index (χ3v) is 19.7. The second kappa shape index (κ2) is 69.2. The van der Waals surface area contributed by atoms with Gasteiger partial charge in [0.15, 0.2) is 12.2 Å². The summed E-state index contributed by atoms with van der Waals surface area (Å²) in [4.78, 5) is 72.7. The highest BCUT2D eigenvalue weighted by molar-refractivity contribution is 7.47. The second-order valence-corrected chi connectivity index (χ2v) is 30.8. The first-order valence-electron chi connectivity index (χ1n) is 39.6. The highest BCUT2D eigenvalue weighted by atomic mass is 31.2. The van der Waals surface area contributed by atoms with E-state index in [-0.39, 0.29) is 25.7 Å². The molecule has 0 heterocycles. The maximum absolute atomic E-state index is 13.1. The molecule has 0 aliphatic rings. The molecule has 0 amide bonds. The van der Waals surface area contributed by atoms with Crippen molar-refractivity contribution in [2.75, 3.05) is 39.6 Å². The van der Waals surface area contributed by atoms with Crippen LogP contribution in [0.1, 0.15) is 401 Å². The van der Waals surface area contributed by atoms with E-state index in [4.69, 9.17) is 37.0 Å². The number of aliphatic hydroxyl groups excluding tert-OH is 1. The number of ether oxygens (including phenoxy) is 4. The van der Waals surface area contributed by atoms with Gasteiger partial charge in [0.05, 0.1) is 26.4 Å². The molecule has 0 aromatic rings. The molecule has 0 spiro atoms. The van der Waals surface area contributed by atoms with Crippen molar-refractivity contribution in [2.24, 2.45) is 5.92 Å². The maximum atomic E-state index is 13.1. The van der Waals surface area contributed by atoms with E-state index in [1.807, 2.05) is 0 Å². The van der Waals surface area contributed by atoms with Crippen LogP contribution in [0.5, 0.6) is 0 Å². The van der Waals surface area contributed by atoms with Crippen LogP contribution in [0.25, 0.3) is 0 Å². The smallest absolute Gasteiger partial charge is 0.462 e. The highest BCUT2D eigenvalue weighted by Gasteiger charge is 2.30. The summed E-state index contributed by atoms with van der Waals surface area (Å²) in [5.74, 6) is -1.40. The van der Waals surface area contributed by atoms with Crippen LogP contribution in [0.2, 0.25) is 0 Å². The van der Waals surface area contributed by atoms with Gasteiger partial charge in [0.2, 0.25) is 0 Å². The fourth-order valence-corrected chi connectivity index (χ4v) is 13.3. The van der Waals surface area contributed by atoms with Gasteiger partial charge >= 0.3 is 39.5 Å². The lowest BCUT2D eigenvalue weighted by molar-refractivity contribution is -0.161. The lowest BCUT2D eigenvalue weighted by Gasteiger charge is -2.21. The zero-order valence-electron chi connectivity index (χ0n) is 61.8. The normalized spacial score (nSPS) is 13.9. The summed E-state index contributed by atoms with van der Waals surface area (Å²) < 4.78 is 68.4. The zero-order chi connectivity index (χ0) is 69.8. The fraction of sp³-hybridized carbons (Fsp3) is 0.947. The van der Waals surface area contributed by atoms with E-state index in [1.165, 1.54) is 218 Å². The molecule has 0 bridgehead atoms. The van der Waals surface area contributed by atoms with Gasteiger partial charge in [-0.1, -0.05) is 349 Å². The quantitative estimate of drug-likeness (QED) is 0.0222. The average Bonchev–Trinajstić information content (AvgIpc) is 1.65. The monoisotopic (exact) mass is 1400 g/mol. The molecule has 0 rings (SSSR count). The van der Waals surface area contributed by atoms with Crippen molar-refractivity contribution < 1.29 is 80.2 Å². The molecular formula is C76H148O17P2. The average molecular weight is 1400 g/mol. The summed E-state index contributed by atoms with van der Waals surface area (Å²) in [5.41, 5.74) is 0. The van der Waals surface area contributed by atoms with Crippen LogP contribution in [0.3, 0.4) is 0 Å². The van der Waals surface area contributed by atoms with Crippen LogP contribution in [-0.2, 0) is 65.4 Å². The Morgan fingerprint density at radius 2 is 0.484 bits per heavy atom. The fourth-order valence-electron chi connectivity index (χ4n) is 11.7. The standard InChI is InChI=1S/C76H148O17P2/c1-6-9-12-15-18-21-23-25-27-28-29-30-31-32-33-34-36-38-40-46-51-56-61-75(80)92-72(66-87-74(79)60-55-50-45-39-37-35-26-24-22-19-16-13-10-7-2)68-91-95(84,85)89-64-70(77)63-88-94(82,83)90-67-71(65-86-73(78)59-54-49-44-20-17-14-11-8-3)93-76(81)62-57-52-47-42-41-43-48-53-58-69(4)5/h69-72,77H,6-68H2,1-5H3,(H,82,83)(H,84,85)/t70-,71+,72+/m0/s1. The molecule has 0 saturated heterocycles. The molecule has 0 fully saturated rings. The third-order valence-electron chi connectivity index (χ3n) is 17.8. The van der Waals surface area contributed by atoms with Crippen LogP contribution in [0, 0.1) is 5.92 Å². The van der Waals surface area contributed by atoms with Crippen LogP contribution >= 0.6 is 15.6 Å². The van der Waals surface area contributed by atoms with E-state index < -0.39 is 97.5 Å². The maximum Gasteiger partial charge on any atom is 0.472 e. The topological polar surface area (TPSA) is 237 Å². The van der Waals surface area contributed by atoms with Crippen LogP contribution in [0.15, 0.2) is 0 Å². The Hall–Kier alpha value is -1.94. The van der Waals surface area contributed by atoms with Gasteiger partial charge in [0, 0.05) is 25.7 Å². The van der Waals surface area contributed by atoms with Gasteiger partial charge in [0.25, 0.3) is 0 Å². The number of carbonyl (C=O) groups is 4. The first-order chi connectivity index (χ1) is 46.0. The Balaban J connectivity index is 5.16. The lowest BCUT2D eigenvalue weighted by Crippen LogP contribution is -2.30. The number of unbranched alkanes of at least 4 members (excludes halogenated alkanes) is 48. The molecule has 5 atom stereocenters. The van der Waals surface area contributed by atoms with Crippen molar-refractivity contribution in [1.29, 1.82) is 0 Å². The number of rotatable bonds is 76. The number of aliphatic hydroxyl groups is 1. The van der Waals surface area contributed by atoms with Crippen LogP contribution in [-0.4, -0.2) is 96.7 Å². The predicted molar refractivity (Wildman–Crippen MR) is 386 cm³/mol. The number of phosphoric ester groups is 2.